The van der Waals surface area contributed by atoms with Gasteiger partial charge in [0.05, 0.1) is 6.10 Å². The van der Waals surface area contributed by atoms with E-state index in [2.05, 4.69) is 11.0 Å². The monoisotopic (exact) mass is 295 g/mol. The minimum absolute atomic E-state index is 0.0218. The lowest BCUT2D eigenvalue weighted by Crippen LogP contribution is -2.21. The van der Waals surface area contributed by atoms with Gasteiger partial charge in [0.25, 0.3) is 0 Å². The summed E-state index contributed by atoms with van der Waals surface area (Å²) in [5, 5.41) is 0.777. The Balaban J connectivity index is 1.79. The van der Waals surface area contributed by atoms with Gasteiger partial charge >= 0.3 is 5.97 Å². The summed E-state index contributed by atoms with van der Waals surface area (Å²) < 4.78 is 5.21. The zero-order chi connectivity index (χ0) is 14.5. The van der Waals surface area contributed by atoms with Crippen molar-refractivity contribution in [1.29, 1.82) is 0 Å². The molecule has 1 aliphatic heterocycles. The Morgan fingerprint density at radius 1 is 1.50 bits per heavy atom. The summed E-state index contributed by atoms with van der Waals surface area (Å²) >= 11 is 6.00. The van der Waals surface area contributed by atoms with Gasteiger partial charge in [0, 0.05) is 24.5 Å². The average molecular weight is 296 g/mol. The highest BCUT2D eigenvalue weighted by Gasteiger charge is 2.25. The standard InChI is InChI=1S/C16H22ClNO2/c1-12(2)20-16(19)9-14-6-7-18(11-14)10-13-4-3-5-15(17)8-13/h3-5,8,12,14H,6-7,9-11H2,1-2H3. The van der Waals surface area contributed by atoms with E-state index in [1.165, 1.54) is 5.56 Å². The number of hydrogen-bond donors (Lipinski definition) is 0. The highest BCUT2D eigenvalue weighted by atomic mass is 35.5. The second-order valence-corrected chi connectivity index (χ2v) is 6.20. The van der Waals surface area contributed by atoms with Crippen LogP contribution in [0.4, 0.5) is 0 Å². The van der Waals surface area contributed by atoms with E-state index in [4.69, 9.17) is 16.3 Å². The van der Waals surface area contributed by atoms with Gasteiger partial charge in [-0.25, -0.2) is 0 Å². The molecule has 1 saturated heterocycles. The van der Waals surface area contributed by atoms with Crippen molar-refractivity contribution in [1.82, 2.24) is 4.90 Å². The van der Waals surface area contributed by atoms with Crippen molar-refractivity contribution < 1.29 is 9.53 Å². The summed E-state index contributed by atoms with van der Waals surface area (Å²) in [5.74, 6) is 0.343. The summed E-state index contributed by atoms with van der Waals surface area (Å²) in [6, 6.07) is 7.96. The molecule has 1 aromatic rings. The van der Waals surface area contributed by atoms with E-state index in [0.29, 0.717) is 12.3 Å². The third-order valence-electron chi connectivity index (χ3n) is 3.49. The van der Waals surface area contributed by atoms with Crippen LogP contribution in [0.25, 0.3) is 0 Å². The highest BCUT2D eigenvalue weighted by molar-refractivity contribution is 6.30. The van der Waals surface area contributed by atoms with Gasteiger partial charge in [-0.1, -0.05) is 23.7 Å². The Morgan fingerprint density at radius 3 is 3.00 bits per heavy atom. The molecule has 1 fully saturated rings. The van der Waals surface area contributed by atoms with Crippen LogP contribution in [0.1, 0.15) is 32.3 Å². The lowest BCUT2D eigenvalue weighted by atomic mass is 10.1. The molecule has 2 rings (SSSR count). The van der Waals surface area contributed by atoms with Gasteiger partial charge in [-0.2, -0.15) is 0 Å². The second-order valence-electron chi connectivity index (χ2n) is 5.76. The first-order valence-electron chi connectivity index (χ1n) is 7.19. The number of carbonyl (C=O) groups is 1. The molecule has 1 aliphatic rings. The van der Waals surface area contributed by atoms with Crippen LogP contribution >= 0.6 is 11.6 Å². The fraction of sp³-hybridized carbons (Fsp3) is 0.562. The summed E-state index contributed by atoms with van der Waals surface area (Å²) in [7, 11) is 0. The Kier molecular flexibility index (Phi) is 5.44. The molecule has 1 unspecified atom stereocenters. The summed E-state index contributed by atoms with van der Waals surface area (Å²) in [6.07, 6.45) is 1.57. The maximum Gasteiger partial charge on any atom is 0.306 e. The molecule has 4 heteroatoms. The van der Waals surface area contributed by atoms with Crippen LogP contribution in [-0.4, -0.2) is 30.1 Å². The van der Waals surface area contributed by atoms with Crippen molar-refractivity contribution in [3.05, 3.63) is 34.9 Å². The largest absolute Gasteiger partial charge is 0.463 e. The Bertz CT molecular complexity index is 462. The third-order valence-corrected chi connectivity index (χ3v) is 3.72. The van der Waals surface area contributed by atoms with Gasteiger partial charge in [-0.15, -0.1) is 0 Å². The minimum Gasteiger partial charge on any atom is -0.463 e. The van der Waals surface area contributed by atoms with Crippen molar-refractivity contribution in [3.63, 3.8) is 0 Å². The van der Waals surface area contributed by atoms with Gasteiger partial charge in [0.2, 0.25) is 0 Å². The minimum atomic E-state index is -0.0744. The molecule has 0 N–H and O–H groups in total. The zero-order valence-electron chi connectivity index (χ0n) is 12.1. The first kappa shape index (κ1) is 15.3. The summed E-state index contributed by atoms with van der Waals surface area (Å²) in [6.45, 7) is 6.66. The third kappa shape index (κ3) is 4.80. The normalized spacial score (nSPS) is 19.5. The van der Waals surface area contributed by atoms with Crippen LogP contribution in [0.2, 0.25) is 5.02 Å². The molecule has 0 radical (unpaired) electrons. The Labute approximate surface area is 125 Å². The molecule has 0 bridgehead atoms. The van der Waals surface area contributed by atoms with E-state index < -0.39 is 0 Å². The van der Waals surface area contributed by atoms with Crippen LogP contribution in [0, 0.1) is 5.92 Å². The lowest BCUT2D eigenvalue weighted by molar-refractivity contribution is -0.148. The van der Waals surface area contributed by atoms with Gasteiger partial charge in [0.1, 0.15) is 0 Å². The van der Waals surface area contributed by atoms with Gasteiger partial charge in [0.15, 0.2) is 0 Å². The summed E-state index contributed by atoms with van der Waals surface area (Å²) in [5.41, 5.74) is 1.22. The summed E-state index contributed by atoms with van der Waals surface area (Å²) in [4.78, 5) is 14.0. The van der Waals surface area contributed by atoms with Crippen molar-refractivity contribution in [3.8, 4) is 0 Å². The van der Waals surface area contributed by atoms with Crippen LogP contribution in [-0.2, 0) is 16.1 Å². The molecule has 1 atom stereocenters. The molecule has 1 heterocycles. The van der Waals surface area contributed by atoms with E-state index in [1.54, 1.807) is 0 Å². The van der Waals surface area contributed by atoms with Crippen molar-refractivity contribution in [2.45, 2.75) is 39.3 Å². The highest BCUT2D eigenvalue weighted by Crippen LogP contribution is 2.23. The Hall–Kier alpha value is -1.06. The van der Waals surface area contributed by atoms with Crippen molar-refractivity contribution in [2.24, 2.45) is 5.92 Å². The smallest absolute Gasteiger partial charge is 0.306 e. The number of likely N-dealkylation sites (tertiary alicyclic amines) is 1. The molecule has 1 aromatic carbocycles. The molecule has 0 amide bonds. The molecule has 20 heavy (non-hydrogen) atoms. The van der Waals surface area contributed by atoms with E-state index in [9.17, 15) is 4.79 Å². The number of halogens is 1. The van der Waals surface area contributed by atoms with Crippen molar-refractivity contribution in [2.75, 3.05) is 13.1 Å². The predicted molar refractivity (Wildman–Crippen MR) is 80.7 cm³/mol. The van der Waals surface area contributed by atoms with Gasteiger partial charge < -0.3 is 4.74 Å². The molecule has 0 aliphatic carbocycles. The van der Waals surface area contributed by atoms with Crippen LogP contribution < -0.4 is 0 Å². The number of carbonyl (C=O) groups excluding carboxylic acids is 1. The molecular formula is C16H22ClNO2. The van der Waals surface area contributed by atoms with E-state index in [-0.39, 0.29) is 12.1 Å². The van der Waals surface area contributed by atoms with Crippen molar-refractivity contribution >= 4 is 17.6 Å². The maximum atomic E-state index is 11.7. The van der Waals surface area contributed by atoms with E-state index >= 15 is 0 Å². The second kappa shape index (κ2) is 7.09. The zero-order valence-corrected chi connectivity index (χ0v) is 12.9. The van der Waals surface area contributed by atoms with E-state index in [1.807, 2.05) is 32.0 Å². The van der Waals surface area contributed by atoms with Gasteiger partial charge in [-0.05, 0) is 50.4 Å². The average Bonchev–Trinajstić information content (AvgIpc) is 2.75. The maximum absolute atomic E-state index is 11.7. The van der Waals surface area contributed by atoms with Gasteiger partial charge in [-0.3, -0.25) is 9.69 Å². The quantitative estimate of drug-likeness (QED) is 0.779. The molecule has 0 spiro atoms. The Morgan fingerprint density at radius 2 is 2.30 bits per heavy atom. The molecular weight excluding hydrogens is 274 g/mol. The molecule has 0 aromatic heterocycles. The van der Waals surface area contributed by atoms with Crippen LogP contribution in [0.5, 0.6) is 0 Å². The number of esters is 1. The molecule has 110 valence electrons. The SMILES string of the molecule is CC(C)OC(=O)CC1CCN(Cc2cccc(Cl)c2)C1. The van der Waals surface area contributed by atoms with Crippen LogP contribution in [0.3, 0.4) is 0 Å². The number of hydrogen-bond acceptors (Lipinski definition) is 3. The number of rotatable bonds is 5. The predicted octanol–water partition coefficient (Wildman–Crippen LogP) is 3.50. The lowest BCUT2D eigenvalue weighted by Gasteiger charge is -2.16. The molecule has 3 nitrogen and oxygen atoms in total. The fourth-order valence-electron chi connectivity index (χ4n) is 2.66. The topological polar surface area (TPSA) is 29.5 Å². The van der Waals surface area contributed by atoms with E-state index in [0.717, 1.165) is 31.1 Å². The number of benzene rings is 1. The number of ether oxygens (including phenoxy) is 1. The first-order chi connectivity index (χ1) is 9.52. The number of nitrogens with zero attached hydrogens (tertiary/aromatic N) is 1. The van der Waals surface area contributed by atoms with Crippen LogP contribution in [0.15, 0.2) is 24.3 Å². The first-order valence-corrected chi connectivity index (χ1v) is 7.57. The molecule has 0 saturated carbocycles. The fourth-order valence-corrected chi connectivity index (χ4v) is 2.88.